The van der Waals surface area contributed by atoms with E-state index in [2.05, 4.69) is 15.5 Å². The van der Waals surface area contributed by atoms with Crippen molar-refractivity contribution in [3.63, 3.8) is 0 Å². The number of hydrogen-bond acceptors (Lipinski definition) is 4. The number of benzene rings is 3. The first kappa shape index (κ1) is 26.0. The molecular weight excluding hydrogens is 539 g/mol. The largest absolute Gasteiger partial charge is 0.416 e. The molecular formula is C24H16Cl2F4N4OS. The van der Waals surface area contributed by atoms with E-state index in [-0.39, 0.29) is 22.9 Å². The molecule has 0 bridgehead atoms. The Kier molecular flexibility index (Phi) is 7.87. The van der Waals surface area contributed by atoms with Gasteiger partial charge in [0, 0.05) is 16.5 Å². The number of thioether (sulfide) groups is 1. The lowest BCUT2D eigenvalue weighted by molar-refractivity contribution is -0.137. The molecule has 0 saturated carbocycles. The third kappa shape index (κ3) is 6.18. The van der Waals surface area contributed by atoms with Crippen molar-refractivity contribution >= 4 is 40.9 Å². The van der Waals surface area contributed by atoms with Crippen LogP contribution < -0.4 is 5.32 Å². The molecule has 0 aliphatic heterocycles. The summed E-state index contributed by atoms with van der Waals surface area (Å²) in [4.78, 5) is 12.6. The number of alkyl halides is 3. The molecule has 0 unspecified atom stereocenters. The average Bonchev–Trinajstić information content (AvgIpc) is 3.24. The van der Waals surface area contributed by atoms with E-state index >= 15 is 0 Å². The maximum atomic E-state index is 13.5. The lowest BCUT2D eigenvalue weighted by atomic mass is 10.1. The Hall–Kier alpha value is -3.08. The summed E-state index contributed by atoms with van der Waals surface area (Å²) in [7, 11) is 0. The lowest BCUT2D eigenvalue weighted by Crippen LogP contribution is -2.25. The molecule has 1 amide bonds. The van der Waals surface area contributed by atoms with Gasteiger partial charge >= 0.3 is 6.18 Å². The predicted molar refractivity (Wildman–Crippen MR) is 130 cm³/mol. The molecule has 186 valence electrons. The van der Waals surface area contributed by atoms with E-state index in [4.69, 9.17) is 23.2 Å². The first-order valence-corrected chi connectivity index (χ1v) is 12.1. The van der Waals surface area contributed by atoms with Crippen LogP contribution in [0.2, 0.25) is 10.0 Å². The Morgan fingerprint density at radius 3 is 2.44 bits per heavy atom. The molecule has 4 aromatic rings. The number of hydrogen-bond donors (Lipinski definition) is 1. The minimum absolute atomic E-state index is 0.0493. The average molecular weight is 555 g/mol. The summed E-state index contributed by atoms with van der Waals surface area (Å²) in [6.07, 6.45) is -4.45. The fraction of sp³-hybridized carbons (Fsp3) is 0.125. The smallest absolute Gasteiger partial charge is 0.345 e. The van der Waals surface area contributed by atoms with Gasteiger partial charge in [0.05, 0.1) is 22.7 Å². The molecule has 0 saturated heterocycles. The normalized spacial score (nSPS) is 11.5. The minimum Gasteiger partial charge on any atom is -0.345 e. The Morgan fingerprint density at radius 2 is 1.75 bits per heavy atom. The molecule has 12 heteroatoms. The molecule has 0 radical (unpaired) electrons. The standard InChI is InChI=1S/C24H16Cl2F4N4OS/c25-16-4-9-19(20(26)11-16)22(35)31-12-21-32-33-23(34(21)18-7-5-17(27)6-8-18)36-13-14-2-1-3-15(10-14)24(28,29)30/h1-11H,12-13H2,(H,31,35). The van der Waals surface area contributed by atoms with Crippen LogP contribution in [0, 0.1) is 5.82 Å². The van der Waals surface area contributed by atoms with Gasteiger partial charge in [-0.25, -0.2) is 4.39 Å². The predicted octanol–water partition coefficient (Wildman–Crippen LogP) is 6.95. The fourth-order valence-corrected chi connectivity index (χ4v) is 4.68. The van der Waals surface area contributed by atoms with E-state index in [0.717, 1.165) is 23.9 Å². The molecule has 0 fully saturated rings. The van der Waals surface area contributed by atoms with E-state index in [1.54, 1.807) is 10.6 Å². The molecule has 1 N–H and O–H groups in total. The second-order valence-electron chi connectivity index (χ2n) is 7.50. The first-order chi connectivity index (χ1) is 17.1. The first-order valence-electron chi connectivity index (χ1n) is 10.3. The molecule has 5 nitrogen and oxygen atoms in total. The second kappa shape index (κ2) is 10.9. The fourth-order valence-electron chi connectivity index (χ4n) is 3.27. The van der Waals surface area contributed by atoms with Gasteiger partial charge in [-0.2, -0.15) is 13.2 Å². The number of nitrogens with one attached hydrogen (secondary N) is 1. The summed E-state index contributed by atoms with van der Waals surface area (Å²) in [6, 6.07) is 15.0. The second-order valence-corrected chi connectivity index (χ2v) is 9.29. The molecule has 0 aliphatic rings. The van der Waals surface area contributed by atoms with Gasteiger partial charge in [0.2, 0.25) is 0 Å². The summed E-state index contributed by atoms with van der Waals surface area (Å²) in [6.45, 7) is -0.0493. The van der Waals surface area contributed by atoms with E-state index in [9.17, 15) is 22.4 Å². The van der Waals surface area contributed by atoms with Gasteiger partial charge in [0.1, 0.15) is 5.82 Å². The summed E-state index contributed by atoms with van der Waals surface area (Å²) in [5.74, 6) is -0.414. The van der Waals surface area contributed by atoms with Crippen molar-refractivity contribution in [3.05, 3.63) is 105 Å². The van der Waals surface area contributed by atoms with Crippen LogP contribution in [-0.2, 0) is 18.5 Å². The van der Waals surface area contributed by atoms with Crippen LogP contribution in [0.1, 0.15) is 27.3 Å². The van der Waals surface area contributed by atoms with E-state index in [1.807, 2.05) is 0 Å². The summed E-state index contributed by atoms with van der Waals surface area (Å²) < 4.78 is 54.3. The van der Waals surface area contributed by atoms with Gasteiger partial charge in [-0.15, -0.1) is 10.2 Å². The number of carbonyl (C=O) groups is 1. The van der Waals surface area contributed by atoms with Crippen molar-refractivity contribution in [1.29, 1.82) is 0 Å². The van der Waals surface area contributed by atoms with Crippen LogP contribution in [0.4, 0.5) is 17.6 Å². The van der Waals surface area contributed by atoms with Crippen molar-refractivity contribution in [2.45, 2.75) is 23.6 Å². The highest BCUT2D eigenvalue weighted by Gasteiger charge is 2.30. The molecule has 1 heterocycles. The quantitative estimate of drug-likeness (QED) is 0.198. The Bertz CT molecular complexity index is 1390. The van der Waals surface area contributed by atoms with Gasteiger partial charge in [0.25, 0.3) is 5.91 Å². The number of carbonyl (C=O) groups excluding carboxylic acids is 1. The number of amides is 1. The Balaban J connectivity index is 1.57. The van der Waals surface area contributed by atoms with E-state index in [1.165, 1.54) is 48.5 Å². The molecule has 0 aliphatic carbocycles. The van der Waals surface area contributed by atoms with Crippen molar-refractivity contribution in [2.75, 3.05) is 0 Å². The third-order valence-electron chi connectivity index (χ3n) is 4.99. The molecule has 36 heavy (non-hydrogen) atoms. The highest BCUT2D eigenvalue weighted by molar-refractivity contribution is 7.98. The van der Waals surface area contributed by atoms with Crippen molar-refractivity contribution in [1.82, 2.24) is 20.1 Å². The van der Waals surface area contributed by atoms with Crippen molar-refractivity contribution < 1.29 is 22.4 Å². The minimum atomic E-state index is -4.45. The van der Waals surface area contributed by atoms with Crippen LogP contribution in [0.25, 0.3) is 5.69 Å². The van der Waals surface area contributed by atoms with Crippen LogP contribution in [0.3, 0.4) is 0 Å². The molecule has 4 rings (SSSR count). The zero-order valence-corrected chi connectivity index (χ0v) is 20.5. The number of halogens is 6. The van der Waals surface area contributed by atoms with Gasteiger partial charge in [-0.3, -0.25) is 9.36 Å². The van der Waals surface area contributed by atoms with Crippen LogP contribution in [0.5, 0.6) is 0 Å². The maximum absolute atomic E-state index is 13.5. The molecule has 0 atom stereocenters. The Morgan fingerprint density at radius 1 is 1.00 bits per heavy atom. The zero-order valence-electron chi connectivity index (χ0n) is 18.2. The van der Waals surface area contributed by atoms with E-state index < -0.39 is 23.5 Å². The van der Waals surface area contributed by atoms with Crippen LogP contribution in [-0.4, -0.2) is 20.7 Å². The SMILES string of the molecule is O=C(NCc1nnc(SCc2cccc(C(F)(F)F)c2)n1-c1ccc(F)cc1)c1ccc(Cl)cc1Cl. The molecule has 1 aromatic heterocycles. The van der Waals surface area contributed by atoms with Gasteiger partial charge in [0.15, 0.2) is 11.0 Å². The van der Waals surface area contributed by atoms with Crippen molar-refractivity contribution in [2.24, 2.45) is 0 Å². The topological polar surface area (TPSA) is 59.8 Å². The Labute approximate surface area is 217 Å². The number of rotatable bonds is 7. The van der Waals surface area contributed by atoms with Crippen LogP contribution in [0.15, 0.2) is 71.9 Å². The third-order valence-corrected chi connectivity index (χ3v) is 6.54. The highest BCUT2D eigenvalue weighted by atomic mass is 35.5. The molecule has 3 aromatic carbocycles. The van der Waals surface area contributed by atoms with Gasteiger partial charge in [-0.05, 0) is 54.1 Å². The summed E-state index contributed by atoms with van der Waals surface area (Å²) in [5.41, 5.74) is 0.426. The number of nitrogens with zero attached hydrogens (tertiary/aromatic N) is 3. The summed E-state index contributed by atoms with van der Waals surface area (Å²) in [5, 5.41) is 11.9. The van der Waals surface area contributed by atoms with Gasteiger partial charge in [-0.1, -0.05) is 53.2 Å². The number of aromatic nitrogens is 3. The maximum Gasteiger partial charge on any atom is 0.416 e. The van der Waals surface area contributed by atoms with Crippen molar-refractivity contribution in [3.8, 4) is 5.69 Å². The molecule has 0 spiro atoms. The monoisotopic (exact) mass is 554 g/mol. The zero-order chi connectivity index (χ0) is 25.9. The summed E-state index contributed by atoms with van der Waals surface area (Å²) >= 11 is 13.1. The van der Waals surface area contributed by atoms with Gasteiger partial charge < -0.3 is 5.32 Å². The van der Waals surface area contributed by atoms with Crippen LogP contribution >= 0.6 is 35.0 Å². The lowest BCUT2D eigenvalue weighted by Gasteiger charge is -2.12. The highest BCUT2D eigenvalue weighted by Crippen LogP contribution is 2.32. The van der Waals surface area contributed by atoms with E-state index in [0.29, 0.717) is 27.3 Å².